The second kappa shape index (κ2) is 11.7. The molecule has 0 spiro atoms. The molecule has 1 saturated heterocycles. The largest absolute Gasteiger partial charge is 0.357 e. The van der Waals surface area contributed by atoms with E-state index in [-0.39, 0.29) is 5.91 Å². The molecule has 1 aliphatic heterocycles. The van der Waals surface area contributed by atoms with Crippen LogP contribution >= 0.6 is 0 Å². The van der Waals surface area contributed by atoms with Crippen LogP contribution in [0.4, 0.5) is 5.69 Å². The average molecular weight is 436 g/mol. The van der Waals surface area contributed by atoms with E-state index >= 15 is 0 Å². The van der Waals surface area contributed by atoms with E-state index in [1.165, 1.54) is 11.1 Å². The van der Waals surface area contributed by atoms with E-state index in [1.54, 1.807) is 0 Å². The summed E-state index contributed by atoms with van der Waals surface area (Å²) in [6, 6.07) is 17.2. The first-order chi connectivity index (χ1) is 15.5. The van der Waals surface area contributed by atoms with Gasteiger partial charge in [-0.1, -0.05) is 36.4 Å². The summed E-state index contributed by atoms with van der Waals surface area (Å²) in [7, 11) is 2.16. The summed E-state index contributed by atoms with van der Waals surface area (Å²) < 4.78 is 0. The maximum absolute atomic E-state index is 11.9. The summed E-state index contributed by atoms with van der Waals surface area (Å²) >= 11 is 0. The Kier molecular flexibility index (Phi) is 8.68. The minimum absolute atomic E-state index is 0.217. The number of nitrogens with zero attached hydrogens (tertiary/aromatic N) is 3. The van der Waals surface area contributed by atoms with Crippen LogP contribution in [0.2, 0.25) is 0 Å². The van der Waals surface area contributed by atoms with Crippen molar-refractivity contribution in [3.05, 3.63) is 65.2 Å². The Morgan fingerprint density at radius 1 is 1.09 bits per heavy atom. The predicted octanol–water partition coefficient (Wildman–Crippen LogP) is 3.91. The summed E-state index contributed by atoms with van der Waals surface area (Å²) in [6.45, 7) is 10.4. The lowest BCUT2D eigenvalue weighted by molar-refractivity contribution is -0.117. The standard InChI is InChI=1S/C26H37N5O/c1-5-27-26(29-18-22-9-6-7-10-23(22)19-30(4)20(2)3)28-17-21-12-14-24(15-13-21)31-16-8-11-25(31)32/h6-7,9-10,12-15,20H,5,8,11,16-19H2,1-4H3,(H2,27,28,29). The molecule has 1 amide bonds. The molecule has 32 heavy (non-hydrogen) atoms. The molecular weight excluding hydrogens is 398 g/mol. The van der Waals surface area contributed by atoms with Crippen molar-refractivity contribution in [3.63, 3.8) is 0 Å². The second-order valence-electron chi connectivity index (χ2n) is 8.64. The van der Waals surface area contributed by atoms with Crippen molar-refractivity contribution in [2.75, 3.05) is 25.0 Å². The molecule has 0 atom stereocenters. The molecule has 0 aliphatic carbocycles. The van der Waals surface area contributed by atoms with Gasteiger partial charge < -0.3 is 15.5 Å². The molecule has 2 aromatic carbocycles. The second-order valence-corrected chi connectivity index (χ2v) is 8.64. The summed E-state index contributed by atoms with van der Waals surface area (Å²) in [5.41, 5.74) is 4.72. The third-order valence-corrected chi connectivity index (χ3v) is 5.95. The lowest BCUT2D eigenvalue weighted by Gasteiger charge is -2.23. The molecule has 1 aliphatic rings. The molecule has 6 heteroatoms. The number of nitrogens with one attached hydrogen (secondary N) is 2. The van der Waals surface area contributed by atoms with E-state index < -0.39 is 0 Å². The van der Waals surface area contributed by atoms with Crippen molar-refractivity contribution in [2.24, 2.45) is 4.99 Å². The van der Waals surface area contributed by atoms with E-state index in [2.05, 4.69) is 79.8 Å². The number of benzene rings is 2. The predicted molar refractivity (Wildman–Crippen MR) is 133 cm³/mol. The van der Waals surface area contributed by atoms with Gasteiger partial charge in [0.25, 0.3) is 0 Å². The average Bonchev–Trinajstić information content (AvgIpc) is 3.22. The molecule has 2 N–H and O–H groups in total. The smallest absolute Gasteiger partial charge is 0.227 e. The molecule has 6 nitrogen and oxygen atoms in total. The normalized spacial score (nSPS) is 14.5. The lowest BCUT2D eigenvalue weighted by Crippen LogP contribution is -2.37. The molecule has 1 fully saturated rings. The summed E-state index contributed by atoms with van der Waals surface area (Å²) in [4.78, 5) is 20.9. The van der Waals surface area contributed by atoms with Crippen molar-refractivity contribution in [1.82, 2.24) is 15.5 Å². The van der Waals surface area contributed by atoms with Gasteiger partial charge in [-0.05, 0) is 63.1 Å². The fraction of sp³-hybridized carbons (Fsp3) is 0.462. The number of aliphatic imine (C=N–C) groups is 1. The van der Waals surface area contributed by atoms with Crippen LogP contribution in [0, 0.1) is 0 Å². The van der Waals surface area contributed by atoms with Crippen LogP contribution < -0.4 is 15.5 Å². The van der Waals surface area contributed by atoms with Gasteiger partial charge in [0, 0.05) is 44.3 Å². The van der Waals surface area contributed by atoms with Crippen molar-refractivity contribution in [3.8, 4) is 0 Å². The Morgan fingerprint density at radius 2 is 1.81 bits per heavy atom. The van der Waals surface area contributed by atoms with Crippen LogP contribution in [0.5, 0.6) is 0 Å². The highest BCUT2D eigenvalue weighted by atomic mass is 16.2. The zero-order valence-electron chi connectivity index (χ0n) is 19.9. The fourth-order valence-electron chi connectivity index (χ4n) is 3.73. The van der Waals surface area contributed by atoms with E-state index in [0.717, 1.165) is 49.8 Å². The van der Waals surface area contributed by atoms with E-state index in [9.17, 15) is 4.79 Å². The van der Waals surface area contributed by atoms with Crippen molar-refractivity contribution < 1.29 is 4.79 Å². The summed E-state index contributed by atoms with van der Waals surface area (Å²) in [5, 5.41) is 6.82. The van der Waals surface area contributed by atoms with Crippen LogP contribution in [0.25, 0.3) is 0 Å². The molecule has 172 valence electrons. The summed E-state index contributed by atoms with van der Waals surface area (Å²) in [6.07, 6.45) is 1.60. The van der Waals surface area contributed by atoms with Gasteiger partial charge in [-0.15, -0.1) is 0 Å². The monoisotopic (exact) mass is 435 g/mol. The number of anilines is 1. The molecule has 1 heterocycles. The quantitative estimate of drug-likeness (QED) is 0.463. The maximum atomic E-state index is 11.9. The maximum Gasteiger partial charge on any atom is 0.227 e. The van der Waals surface area contributed by atoms with E-state index in [1.807, 2.05) is 17.0 Å². The first-order valence-corrected chi connectivity index (χ1v) is 11.7. The number of carbonyl (C=O) groups excluding carboxylic acids is 1. The molecule has 0 unspecified atom stereocenters. The van der Waals surface area contributed by atoms with Crippen LogP contribution in [-0.4, -0.2) is 42.9 Å². The third-order valence-electron chi connectivity index (χ3n) is 5.95. The van der Waals surface area contributed by atoms with Gasteiger partial charge in [0.2, 0.25) is 5.91 Å². The van der Waals surface area contributed by atoms with Crippen LogP contribution in [0.1, 0.15) is 50.3 Å². The SMILES string of the molecule is CCNC(=NCc1ccc(N2CCCC2=O)cc1)NCc1ccccc1CN(C)C(C)C. The van der Waals surface area contributed by atoms with Gasteiger partial charge in [0.05, 0.1) is 6.54 Å². The Labute approximate surface area is 192 Å². The van der Waals surface area contributed by atoms with Gasteiger partial charge in [-0.25, -0.2) is 4.99 Å². The van der Waals surface area contributed by atoms with Gasteiger partial charge in [-0.3, -0.25) is 9.69 Å². The van der Waals surface area contributed by atoms with Crippen LogP contribution in [-0.2, 0) is 24.4 Å². The van der Waals surface area contributed by atoms with E-state index in [0.29, 0.717) is 19.0 Å². The minimum atomic E-state index is 0.217. The van der Waals surface area contributed by atoms with Crippen LogP contribution in [0.15, 0.2) is 53.5 Å². The Hall–Kier alpha value is -2.86. The van der Waals surface area contributed by atoms with Crippen molar-refractivity contribution in [1.29, 1.82) is 0 Å². The van der Waals surface area contributed by atoms with Gasteiger partial charge in [0.15, 0.2) is 5.96 Å². The Balaban J connectivity index is 1.61. The highest BCUT2D eigenvalue weighted by Gasteiger charge is 2.21. The minimum Gasteiger partial charge on any atom is -0.357 e. The Morgan fingerprint density at radius 3 is 2.44 bits per heavy atom. The molecule has 0 aromatic heterocycles. The van der Waals surface area contributed by atoms with Gasteiger partial charge in [0.1, 0.15) is 0 Å². The molecular formula is C26H37N5O. The van der Waals surface area contributed by atoms with Crippen LogP contribution in [0.3, 0.4) is 0 Å². The highest BCUT2D eigenvalue weighted by Crippen LogP contribution is 2.21. The molecule has 0 bridgehead atoms. The molecule has 3 rings (SSSR count). The van der Waals surface area contributed by atoms with Crippen molar-refractivity contribution >= 4 is 17.6 Å². The fourth-order valence-corrected chi connectivity index (χ4v) is 3.73. The van der Waals surface area contributed by atoms with E-state index in [4.69, 9.17) is 4.99 Å². The zero-order chi connectivity index (χ0) is 22.9. The first kappa shape index (κ1) is 23.8. The zero-order valence-corrected chi connectivity index (χ0v) is 19.9. The number of carbonyl (C=O) groups is 1. The number of hydrogen-bond donors (Lipinski definition) is 2. The number of hydrogen-bond acceptors (Lipinski definition) is 3. The van der Waals surface area contributed by atoms with Crippen molar-refractivity contribution in [2.45, 2.75) is 59.3 Å². The topological polar surface area (TPSA) is 60.0 Å². The number of rotatable bonds is 9. The summed E-state index contributed by atoms with van der Waals surface area (Å²) in [5.74, 6) is 1.02. The first-order valence-electron chi connectivity index (χ1n) is 11.7. The molecule has 0 saturated carbocycles. The molecule has 2 aromatic rings. The molecule has 0 radical (unpaired) electrons. The third kappa shape index (κ3) is 6.57. The van der Waals surface area contributed by atoms with Gasteiger partial charge in [-0.2, -0.15) is 0 Å². The number of amides is 1. The highest BCUT2D eigenvalue weighted by molar-refractivity contribution is 5.95. The lowest BCUT2D eigenvalue weighted by atomic mass is 10.1. The Bertz CT molecular complexity index is 907. The van der Waals surface area contributed by atoms with Gasteiger partial charge >= 0.3 is 0 Å². The number of guanidine groups is 1.